The molecule has 114 heavy (non-hydrogen) atoms. The fourth-order valence-corrected chi connectivity index (χ4v) is 15.0. The first-order chi connectivity index (χ1) is 75.7. The van der Waals surface area contributed by atoms with E-state index in [4.69, 9.17) is 78.1 Å². The minimum Gasteiger partial charge on any atom is -0.303 e. The van der Waals surface area contributed by atoms with Gasteiger partial charge in [0.05, 0.1) is 29.4 Å². The Morgan fingerprint density at radius 2 is 0.596 bits per heavy atom. The topological polar surface area (TPSA) is 224 Å². The molecule has 0 N–H and O–H groups in total. The molecule has 0 amide bonds. The zero-order valence-electron chi connectivity index (χ0n) is 121. The molecule has 0 aliphatic carbocycles. The Bertz CT molecular complexity index is 7470. The third-order valence-electron chi connectivity index (χ3n) is 16.7. The van der Waals surface area contributed by atoms with Crippen LogP contribution in [0.1, 0.15) is 304 Å². The number of sulfone groups is 6. The molecule has 6 aromatic rings. The second kappa shape index (κ2) is 46.4. The van der Waals surface area contributed by atoms with Crippen molar-refractivity contribution in [1.29, 1.82) is 0 Å². The zero-order valence-corrected chi connectivity index (χ0v) is 69.3. The van der Waals surface area contributed by atoms with E-state index in [1.165, 1.54) is 67.3 Å². The predicted molar refractivity (Wildman–Crippen MR) is 470 cm³/mol. The van der Waals surface area contributed by atoms with Crippen LogP contribution >= 0.6 is 0 Å². The molecule has 6 aliphatic rings. The van der Waals surface area contributed by atoms with Crippen LogP contribution in [0.2, 0.25) is 0 Å². The van der Waals surface area contributed by atoms with Gasteiger partial charge in [0.15, 0.2) is 59.0 Å². The van der Waals surface area contributed by atoms with Gasteiger partial charge in [-0.25, -0.2) is 50.5 Å². The molecule has 6 heterocycles. The van der Waals surface area contributed by atoms with Crippen molar-refractivity contribution < 1.29 is 129 Å². The third kappa shape index (κ3) is 32.1. The van der Waals surface area contributed by atoms with Gasteiger partial charge in [0.1, 0.15) is 0 Å². The van der Waals surface area contributed by atoms with Gasteiger partial charge >= 0.3 is 0 Å². The van der Waals surface area contributed by atoms with Crippen molar-refractivity contribution in [3.8, 4) is 0 Å². The minimum atomic E-state index is -4.92. The summed E-state index contributed by atoms with van der Waals surface area (Å²) in [6.07, 6.45) is -36.9. The van der Waals surface area contributed by atoms with Crippen LogP contribution in [0.25, 0.3) is 0 Å². The third-order valence-corrected chi connectivity index (χ3v) is 22.7. The van der Waals surface area contributed by atoms with E-state index in [0.29, 0.717) is 67.3 Å². The molecule has 6 atom stereocenters. The van der Waals surface area contributed by atoms with Gasteiger partial charge in [-0.3, -0.25) is 0 Å². The van der Waals surface area contributed by atoms with Crippen molar-refractivity contribution in [3.05, 3.63) is 179 Å². The molecule has 6 saturated heterocycles. The van der Waals surface area contributed by atoms with Crippen molar-refractivity contribution in [2.24, 2.45) is 0 Å². The van der Waals surface area contributed by atoms with E-state index < -0.39 is 281 Å². The van der Waals surface area contributed by atoms with Crippen LogP contribution in [-0.2, 0) is 59.0 Å². The van der Waals surface area contributed by atoms with Crippen molar-refractivity contribution in [2.45, 2.75) is 221 Å². The lowest BCUT2D eigenvalue weighted by Crippen LogP contribution is -2.34. The first-order valence-electron chi connectivity index (χ1n) is 64.3. The second-order valence-corrected chi connectivity index (χ2v) is 36.3. The van der Waals surface area contributed by atoms with Gasteiger partial charge in [-0.2, -0.15) is 0 Å². The summed E-state index contributed by atoms with van der Waals surface area (Å²) in [5.74, 6) is -13.0. The van der Waals surface area contributed by atoms with Gasteiger partial charge in [0.2, 0.25) is 0 Å². The van der Waals surface area contributed by atoms with Crippen molar-refractivity contribution >= 4 is 59.0 Å². The second-order valence-electron chi connectivity index (χ2n) is 25.8. The summed E-state index contributed by atoms with van der Waals surface area (Å²) >= 11 is 0. The van der Waals surface area contributed by atoms with E-state index >= 15 is 0 Å². The normalized spacial score (nSPS) is 39.6. The molecule has 0 unspecified atom stereocenters. The van der Waals surface area contributed by atoms with E-state index in [9.17, 15) is 50.5 Å². The molecule has 0 saturated carbocycles. The van der Waals surface area contributed by atoms with E-state index in [-0.39, 0.29) is 74.4 Å². The Balaban J connectivity index is 0.000000275. The fraction of sp³-hybridized carbons (Fsp3) is 0.600. The van der Waals surface area contributed by atoms with Gasteiger partial charge < -0.3 is 29.4 Å². The maximum Gasteiger partial charge on any atom is 0.175 e. The molecule has 6 aliphatic heterocycles. The molecule has 12 rings (SSSR count). The van der Waals surface area contributed by atoms with Crippen molar-refractivity contribution in [2.75, 3.05) is 155 Å². The molecule has 636 valence electrons. The lowest BCUT2D eigenvalue weighted by molar-refractivity contribution is 0.208. The Morgan fingerprint density at radius 1 is 0.342 bits per heavy atom. The summed E-state index contributed by atoms with van der Waals surface area (Å²) in [6, 6.07) is 28.0. The van der Waals surface area contributed by atoms with E-state index in [1.54, 1.807) is 43.9 Å². The summed E-state index contributed by atoms with van der Waals surface area (Å²) in [5, 5.41) is 0. The number of nitrogens with zero attached hydrogens (tertiary/aromatic N) is 6. The molecule has 0 radical (unpaired) electrons. The zero-order chi connectivity index (χ0) is 134. The average molecular weight is 1750 g/mol. The molecule has 18 nitrogen and oxygen atoms in total. The SMILES string of the molecule is [2H]C([2H])(C)C([2H])([2H])N1C([2H])([2H])C([2H])([2H])C([2H])([2H])[C@@]([2H])(c2cccc(S(C)(=O)=O)c2)C1([2H])[2H].[2H]C([2H])(C)C([2H])([2H])N1CCC[C@@H](c2cccc(S(=O)(=O)C([2H])([2H])[2H])c2)C1.[2H]C([2H])(CC)N1C([2H])([2H])C([2H])([2H])C([2H])([2H])[C@@]([2H])(c2cccc(S(C)(=O)=O)c2)C1([2H])[2H].[2H]C([2H])(CC)N1CCC[C@@H](c2cccc(S(=O)(=O)C([2H])([2H])[2H])c2)C1.[2H]C1([2H])N(CCC)C([2H])([2H])[C@]([2H])(c2cccc(S(=O)(=O)C([2H])([2H])[2H])c2)C([2H])([2H])C1([2H])[2H].[2H]C1([2H])N(CCC)C([2H])([2H])[C@]([2H])(c2cccc(S(C)(=O)=O)c2)C([2H])([2H])C1([2H])[2H]. The van der Waals surface area contributed by atoms with Crippen LogP contribution in [0, 0.1) is 0 Å². The van der Waals surface area contributed by atoms with E-state index in [2.05, 4.69) is 0 Å². The number of hydrogen-bond donors (Lipinski definition) is 0. The highest BCUT2D eigenvalue weighted by Crippen LogP contribution is 2.35. The van der Waals surface area contributed by atoms with Crippen LogP contribution in [0.3, 0.4) is 0 Å². The quantitative estimate of drug-likeness (QED) is 0.0549. The average Bonchev–Trinajstić information content (AvgIpc) is 0.255. The molecule has 6 fully saturated rings. The highest BCUT2D eigenvalue weighted by molar-refractivity contribution is 7.92. The van der Waals surface area contributed by atoms with Gasteiger partial charge in [-0.05, 0) is 335 Å². The lowest BCUT2D eigenvalue weighted by Gasteiger charge is -2.32. The minimum absolute atomic E-state index is 0.00729. The van der Waals surface area contributed by atoms with Gasteiger partial charge in [-0.15, -0.1) is 0 Å². The van der Waals surface area contributed by atoms with E-state index in [0.717, 1.165) is 110 Å². The highest BCUT2D eigenvalue weighted by atomic mass is 32.2. The Hall–Kier alpha value is -5.22. The van der Waals surface area contributed by atoms with Crippen LogP contribution in [0.4, 0.5) is 0 Å². The highest BCUT2D eigenvalue weighted by Gasteiger charge is 2.29. The molecular formula is C90H138N6O12S6. The first-order valence-corrected chi connectivity index (χ1v) is 45.9. The maximum atomic E-state index is 12.4. The van der Waals surface area contributed by atoms with Crippen molar-refractivity contribution in [1.82, 2.24) is 29.4 Å². The summed E-state index contributed by atoms with van der Waals surface area (Å²) in [4.78, 5) is 1.33. The molecule has 6 aromatic carbocycles. The lowest BCUT2D eigenvalue weighted by atomic mass is 9.90. The van der Waals surface area contributed by atoms with Gasteiger partial charge in [-0.1, -0.05) is 114 Å². The smallest absolute Gasteiger partial charge is 0.175 e. The molecular weight excluding hydrogens is 1550 g/mol. The number of benzene rings is 6. The summed E-state index contributed by atoms with van der Waals surface area (Å²) < 4.78 is 606. The Labute approximate surface area is 770 Å². The van der Waals surface area contributed by atoms with Gasteiger partial charge in [0, 0.05) is 155 Å². The monoisotopic (exact) mass is 1740 g/mol. The molecule has 0 bridgehead atoms. The standard InChI is InChI=1S/6C15H23NO2S/c6*1-3-9-16-10-5-7-14(12-16)13-6-4-8-15(11-13)19(2,17)18/h6*4,6,8,11,14H,3,5,7,9-10,12H2,1-2H3/t6*14-/m111111/s1/i3D2,5D2,7D2,9D2,10D2,12D2,14D;5D2,7D2,9D2,10D2,12D2,14D;2D3,5D2,7D2,10D2,12D2,14D;5D2,7D2,10D2,12D2,14D;2D3,3D2,9D2;2D3,9D2. The van der Waals surface area contributed by atoms with Crippen LogP contribution in [0.5, 0.6) is 0 Å². The summed E-state index contributed by atoms with van der Waals surface area (Å²) in [6.45, 7) is -27.3. The van der Waals surface area contributed by atoms with Crippen molar-refractivity contribution in [3.63, 3.8) is 0 Å². The fourth-order valence-electron chi connectivity index (χ4n) is 11.4. The Kier molecular flexibility index (Phi) is 17.4. The number of rotatable bonds is 24. The van der Waals surface area contributed by atoms with Crippen LogP contribution in [-0.4, -0.2) is 234 Å². The van der Waals surface area contributed by atoms with Gasteiger partial charge in [0.25, 0.3) is 0 Å². The maximum absolute atomic E-state index is 12.4. The number of piperidine rings is 6. The predicted octanol–water partition coefficient (Wildman–Crippen LogP) is 16.1. The number of hydrogen-bond acceptors (Lipinski definition) is 18. The number of likely N-dealkylation sites (tertiary alicyclic amines) is 6. The largest absolute Gasteiger partial charge is 0.303 e. The van der Waals surface area contributed by atoms with Crippen LogP contribution < -0.4 is 0 Å². The summed E-state index contributed by atoms with van der Waals surface area (Å²) in [5.41, 5.74) is -0.896. The Morgan fingerprint density at radius 3 is 0.886 bits per heavy atom. The van der Waals surface area contributed by atoms with Crippen LogP contribution in [0.15, 0.2) is 175 Å². The molecule has 0 aromatic heterocycles. The van der Waals surface area contributed by atoms with E-state index in [1.807, 2.05) is 0 Å². The summed E-state index contributed by atoms with van der Waals surface area (Å²) in [7, 11) is -25.3. The first kappa shape index (κ1) is 42.8. The molecule has 24 heteroatoms. The molecule has 0 spiro atoms.